The summed E-state index contributed by atoms with van der Waals surface area (Å²) in [5.41, 5.74) is 10.8. The van der Waals surface area contributed by atoms with Crippen LogP contribution < -0.4 is 15.1 Å². The predicted molar refractivity (Wildman–Crippen MR) is 161 cm³/mol. The van der Waals surface area contributed by atoms with E-state index < -0.39 is 0 Å². The number of anilines is 4. The van der Waals surface area contributed by atoms with Crippen molar-refractivity contribution >= 4 is 35.2 Å². The molecular weight excluding hydrogens is 475 g/mol. The highest BCUT2D eigenvalue weighted by Gasteiger charge is 2.48. The summed E-state index contributed by atoms with van der Waals surface area (Å²) < 4.78 is 0. The maximum Gasteiger partial charge on any atom is 0.425 e. The zero-order valence-electron chi connectivity index (χ0n) is 21.1. The number of hydrogen-bond acceptors (Lipinski definition) is 4. The smallest absolute Gasteiger partial charge is 0.361 e. The summed E-state index contributed by atoms with van der Waals surface area (Å²) in [4.78, 5) is 15.4. The minimum Gasteiger partial charge on any atom is -0.361 e. The molecule has 5 heteroatoms. The van der Waals surface area contributed by atoms with Gasteiger partial charge in [0.25, 0.3) is 0 Å². The topological polar surface area (TPSA) is 32.3 Å². The van der Waals surface area contributed by atoms with Crippen LogP contribution in [0, 0.1) is 0 Å². The molecule has 0 fully saturated rings. The van der Waals surface area contributed by atoms with Gasteiger partial charge in [-0.15, -0.1) is 0 Å². The third kappa shape index (κ3) is 3.33. The molecule has 0 bridgehead atoms. The van der Waals surface area contributed by atoms with Crippen molar-refractivity contribution in [2.24, 2.45) is 0 Å². The molecule has 0 radical (unpaired) electrons. The lowest BCUT2D eigenvalue weighted by molar-refractivity contribution is 1.16. The fourth-order valence-electron chi connectivity index (χ4n) is 5.98. The predicted octanol–water partition coefficient (Wildman–Crippen LogP) is 7.48. The first-order chi connectivity index (χ1) is 19.4. The fraction of sp³-hybridized carbons (Fsp3) is 0. The lowest BCUT2D eigenvalue weighted by Crippen LogP contribution is -2.62. The second kappa shape index (κ2) is 8.71. The van der Waals surface area contributed by atoms with Crippen LogP contribution in [0.2, 0.25) is 0 Å². The molecule has 5 aromatic carbocycles. The van der Waals surface area contributed by atoms with Crippen molar-refractivity contribution < 1.29 is 0 Å². The molecule has 2 aliphatic rings. The number of fused-ring (bicyclic) bond motifs is 4. The molecule has 0 saturated heterocycles. The van der Waals surface area contributed by atoms with Crippen molar-refractivity contribution in [1.82, 2.24) is 9.97 Å². The van der Waals surface area contributed by atoms with E-state index in [9.17, 15) is 0 Å². The highest BCUT2D eigenvalue weighted by Crippen LogP contribution is 2.48. The van der Waals surface area contributed by atoms with E-state index in [1.54, 1.807) is 0 Å². The molecule has 4 nitrogen and oxygen atoms in total. The van der Waals surface area contributed by atoms with Crippen LogP contribution in [0.15, 0.2) is 140 Å². The fourth-order valence-corrected chi connectivity index (χ4v) is 5.98. The number of hydrogen-bond donors (Lipinski definition) is 0. The van der Waals surface area contributed by atoms with E-state index in [0.717, 1.165) is 62.1 Å². The Hall–Kier alpha value is -5.16. The Balaban J connectivity index is 1.51. The molecule has 1 aromatic heterocycles. The van der Waals surface area contributed by atoms with Crippen molar-refractivity contribution in [1.29, 1.82) is 0 Å². The maximum absolute atomic E-state index is 5.28. The summed E-state index contributed by atoms with van der Waals surface area (Å²) in [6.45, 7) is -0.172. The molecule has 0 N–H and O–H groups in total. The minimum absolute atomic E-state index is 0.172. The Kier molecular flexibility index (Phi) is 4.89. The molecular formula is C34H23BN4. The molecule has 0 unspecified atom stereocenters. The van der Waals surface area contributed by atoms with E-state index in [0.29, 0.717) is 0 Å². The first-order valence-corrected chi connectivity index (χ1v) is 13.2. The Morgan fingerprint density at radius 3 is 1.33 bits per heavy atom. The normalized spacial score (nSPS) is 13.0. The van der Waals surface area contributed by atoms with Gasteiger partial charge in [-0.05, 0) is 36.4 Å². The van der Waals surface area contributed by atoms with Crippen LogP contribution in [0.25, 0.3) is 33.9 Å². The standard InChI is InChI=1S/C34H23BN4/c1-4-14-24(15-5-1)34-36-32-27-20-10-12-22-29(27)38(25-16-6-2-7-17-25)35-31(32)33(37-34)28-21-11-13-23-30(28)39(35)26-18-8-3-9-19-26/h1-23H. The van der Waals surface area contributed by atoms with Gasteiger partial charge in [0, 0.05) is 44.9 Å². The van der Waals surface area contributed by atoms with Gasteiger partial charge in [-0.25, -0.2) is 9.97 Å². The van der Waals surface area contributed by atoms with Gasteiger partial charge in [0.05, 0.1) is 11.4 Å². The molecule has 2 aliphatic heterocycles. The van der Waals surface area contributed by atoms with Crippen LogP contribution in [0.3, 0.4) is 0 Å². The van der Waals surface area contributed by atoms with Gasteiger partial charge in [-0.1, -0.05) is 103 Å². The molecule has 0 aliphatic carbocycles. The number of para-hydroxylation sites is 4. The van der Waals surface area contributed by atoms with Gasteiger partial charge < -0.3 is 9.62 Å². The Morgan fingerprint density at radius 2 is 0.846 bits per heavy atom. The first-order valence-electron chi connectivity index (χ1n) is 13.2. The van der Waals surface area contributed by atoms with Crippen LogP contribution in [-0.4, -0.2) is 17.0 Å². The second-order valence-corrected chi connectivity index (χ2v) is 9.84. The van der Waals surface area contributed by atoms with Crippen molar-refractivity contribution in [2.75, 3.05) is 9.62 Å². The van der Waals surface area contributed by atoms with Gasteiger partial charge in [0.1, 0.15) is 0 Å². The Bertz CT molecular complexity index is 1710. The molecule has 0 saturated carbocycles. The average molecular weight is 498 g/mol. The van der Waals surface area contributed by atoms with Gasteiger partial charge in [-0.2, -0.15) is 0 Å². The number of rotatable bonds is 3. The quantitative estimate of drug-likeness (QED) is 0.237. The number of benzene rings is 5. The van der Waals surface area contributed by atoms with Crippen molar-refractivity contribution in [3.05, 3.63) is 140 Å². The summed E-state index contributed by atoms with van der Waals surface area (Å²) in [7, 11) is 0. The van der Waals surface area contributed by atoms with E-state index in [4.69, 9.17) is 9.97 Å². The van der Waals surface area contributed by atoms with Gasteiger partial charge in [0.2, 0.25) is 0 Å². The Morgan fingerprint density at radius 1 is 0.436 bits per heavy atom. The zero-order valence-corrected chi connectivity index (χ0v) is 21.1. The monoisotopic (exact) mass is 498 g/mol. The molecule has 8 rings (SSSR count). The van der Waals surface area contributed by atoms with Crippen LogP contribution in [0.4, 0.5) is 22.7 Å². The van der Waals surface area contributed by atoms with E-state index in [-0.39, 0.29) is 6.98 Å². The highest BCUT2D eigenvalue weighted by molar-refractivity contribution is 6.86. The summed E-state index contributed by atoms with van der Waals surface area (Å²) in [6.07, 6.45) is 0. The van der Waals surface area contributed by atoms with Gasteiger partial charge in [0.15, 0.2) is 5.82 Å². The van der Waals surface area contributed by atoms with Crippen LogP contribution >= 0.6 is 0 Å². The van der Waals surface area contributed by atoms with E-state index in [2.05, 4.69) is 131 Å². The lowest BCUT2D eigenvalue weighted by Gasteiger charge is -2.46. The van der Waals surface area contributed by atoms with E-state index in [1.807, 2.05) is 18.2 Å². The van der Waals surface area contributed by atoms with Crippen LogP contribution in [0.1, 0.15) is 0 Å². The van der Waals surface area contributed by atoms with Crippen LogP contribution in [-0.2, 0) is 0 Å². The van der Waals surface area contributed by atoms with E-state index >= 15 is 0 Å². The van der Waals surface area contributed by atoms with Crippen molar-refractivity contribution in [3.8, 4) is 33.9 Å². The first kappa shape index (κ1) is 21.9. The summed E-state index contributed by atoms with van der Waals surface area (Å²) >= 11 is 0. The molecule has 0 spiro atoms. The average Bonchev–Trinajstić information content (AvgIpc) is 3.02. The summed E-state index contributed by atoms with van der Waals surface area (Å²) in [6, 6.07) is 48.8. The van der Waals surface area contributed by atoms with Crippen molar-refractivity contribution in [3.63, 3.8) is 0 Å². The molecule has 182 valence electrons. The van der Waals surface area contributed by atoms with Gasteiger partial charge in [-0.3, -0.25) is 0 Å². The molecule has 39 heavy (non-hydrogen) atoms. The molecule has 3 heterocycles. The third-order valence-electron chi connectivity index (χ3n) is 7.63. The minimum atomic E-state index is -0.172. The summed E-state index contributed by atoms with van der Waals surface area (Å²) in [5, 5.41) is 0. The number of nitrogens with zero attached hydrogens (tertiary/aromatic N) is 4. The van der Waals surface area contributed by atoms with E-state index in [1.165, 1.54) is 0 Å². The SMILES string of the molecule is c1ccc(-c2nc3c4c(n2)-c2ccccc2N(c2ccccc2)B4N(c2ccccc2)c2ccccc2-3)cc1. The zero-order chi connectivity index (χ0) is 25.8. The molecule has 0 atom stereocenters. The highest BCUT2D eigenvalue weighted by atomic mass is 15.3. The van der Waals surface area contributed by atoms with Gasteiger partial charge >= 0.3 is 6.98 Å². The number of aromatic nitrogens is 2. The summed E-state index contributed by atoms with van der Waals surface area (Å²) in [5.74, 6) is 0.744. The Labute approximate surface area is 228 Å². The largest absolute Gasteiger partial charge is 0.425 e. The second-order valence-electron chi connectivity index (χ2n) is 9.84. The van der Waals surface area contributed by atoms with Crippen LogP contribution in [0.5, 0.6) is 0 Å². The molecule has 0 amide bonds. The molecule has 6 aromatic rings. The maximum atomic E-state index is 5.28. The lowest BCUT2D eigenvalue weighted by atomic mass is 9.55. The van der Waals surface area contributed by atoms with Crippen molar-refractivity contribution in [2.45, 2.75) is 0 Å². The third-order valence-corrected chi connectivity index (χ3v) is 7.63.